The number of Topliss-reactive ketones (excluding diaryl/α,β-unsaturated/α-hetero) is 1. The molecule has 174 valence electrons. The van der Waals surface area contributed by atoms with Crippen molar-refractivity contribution in [1.29, 1.82) is 0 Å². The number of ether oxygens (including phenoxy) is 1. The first-order valence-corrected chi connectivity index (χ1v) is 12.8. The molecule has 1 aromatic heterocycles. The van der Waals surface area contributed by atoms with Crippen molar-refractivity contribution in [3.05, 3.63) is 96.2 Å². The van der Waals surface area contributed by atoms with Crippen LogP contribution in [0.15, 0.2) is 95.5 Å². The number of aromatic nitrogens is 1. The van der Waals surface area contributed by atoms with Gasteiger partial charge in [-0.3, -0.25) is 4.79 Å². The molecule has 6 nitrogen and oxygen atoms in total. The third-order valence-electron chi connectivity index (χ3n) is 6.67. The number of benzene rings is 2. The molecular weight excluding hydrogens is 448 g/mol. The van der Waals surface area contributed by atoms with E-state index in [0.29, 0.717) is 43.9 Å². The quantitative estimate of drug-likeness (QED) is 0.480. The van der Waals surface area contributed by atoms with Crippen LogP contribution in [-0.4, -0.2) is 36.6 Å². The normalized spacial score (nSPS) is 20.9. The monoisotopic (exact) mass is 474 g/mol. The molecule has 0 saturated heterocycles. The van der Waals surface area contributed by atoms with E-state index >= 15 is 0 Å². The second-order valence-corrected chi connectivity index (χ2v) is 10.9. The first kappa shape index (κ1) is 22.5. The summed E-state index contributed by atoms with van der Waals surface area (Å²) in [6.45, 7) is 0.607. The molecule has 1 atom stereocenters. The van der Waals surface area contributed by atoms with Gasteiger partial charge in [-0.15, -0.1) is 0 Å². The number of para-hydroxylation sites is 1. The molecule has 1 fully saturated rings. The molecule has 2 heterocycles. The zero-order chi connectivity index (χ0) is 23.6. The number of rotatable bonds is 6. The molecule has 0 radical (unpaired) electrons. The lowest BCUT2D eigenvalue weighted by atomic mass is 9.65. The second-order valence-electron chi connectivity index (χ2n) is 8.93. The summed E-state index contributed by atoms with van der Waals surface area (Å²) < 4.78 is 34.3. The highest BCUT2D eigenvalue weighted by Gasteiger charge is 2.45. The molecule has 1 aliphatic carbocycles. The van der Waals surface area contributed by atoms with Gasteiger partial charge >= 0.3 is 0 Å². The van der Waals surface area contributed by atoms with Crippen LogP contribution in [0, 0.1) is 5.41 Å². The highest BCUT2D eigenvalue weighted by atomic mass is 32.2. The zero-order valence-corrected chi connectivity index (χ0v) is 19.6. The topological polar surface area (TPSA) is 76.6 Å². The number of hydrogen-bond acceptors (Lipinski definition) is 5. The number of carbonyl (C=O) groups excluding carboxylic acids is 1. The third kappa shape index (κ3) is 4.54. The first-order chi connectivity index (χ1) is 16.4. The first-order valence-electron chi connectivity index (χ1n) is 11.4. The van der Waals surface area contributed by atoms with Crippen molar-refractivity contribution in [3.8, 4) is 11.6 Å². The van der Waals surface area contributed by atoms with Crippen LogP contribution in [0.25, 0.3) is 0 Å². The largest absolute Gasteiger partial charge is 0.439 e. The summed E-state index contributed by atoms with van der Waals surface area (Å²) in [6.07, 6.45) is 5.54. The van der Waals surface area contributed by atoms with E-state index in [2.05, 4.69) is 17.1 Å². The second kappa shape index (κ2) is 9.16. The Balaban J connectivity index is 1.40. The van der Waals surface area contributed by atoms with Gasteiger partial charge in [0.05, 0.1) is 6.20 Å². The Bertz CT molecular complexity index is 1310. The van der Waals surface area contributed by atoms with E-state index in [4.69, 9.17) is 4.74 Å². The molecular formula is C27H26N2O4S. The fraction of sp³-hybridized carbons (Fsp3) is 0.259. The molecule has 7 heteroatoms. The Morgan fingerprint density at radius 3 is 2.41 bits per heavy atom. The summed E-state index contributed by atoms with van der Waals surface area (Å²) in [7, 11) is -3.76. The van der Waals surface area contributed by atoms with E-state index in [1.54, 1.807) is 6.07 Å². The third-order valence-corrected chi connectivity index (χ3v) is 8.46. The summed E-state index contributed by atoms with van der Waals surface area (Å²) in [6, 6.07) is 22.4. The summed E-state index contributed by atoms with van der Waals surface area (Å²) in [5.74, 6) is 1.19. The lowest BCUT2D eigenvalue weighted by molar-refractivity contribution is -0.120. The van der Waals surface area contributed by atoms with E-state index in [-0.39, 0.29) is 22.6 Å². The average molecular weight is 475 g/mol. The highest BCUT2D eigenvalue weighted by Crippen LogP contribution is 2.46. The van der Waals surface area contributed by atoms with Gasteiger partial charge in [-0.05, 0) is 36.6 Å². The summed E-state index contributed by atoms with van der Waals surface area (Å²) in [5.41, 5.74) is 1.85. The SMILES string of the molecule is O=C1CCC2(Cc3ccccc3)CN(S(=O)(=O)c3ccc(Oc4ccccc4)nc3)CC=C2C1. The van der Waals surface area contributed by atoms with Crippen molar-refractivity contribution in [1.82, 2.24) is 9.29 Å². The number of carbonyl (C=O) groups is 1. The number of ketones is 1. The van der Waals surface area contributed by atoms with Crippen molar-refractivity contribution in [2.45, 2.75) is 30.6 Å². The number of pyridine rings is 1. The summed E-state index contributed by atoms with van der Waals surface area (Å²) >= 11 is 0. The summed E-state index contributed by atoms with van der Waals surface area (Å²) in [4.78, 5) is 16.5. The smallest absolute Gasteiger partial charge is 0.244 e. The van der Waals surface area contributed by atoms with Crippen LogP contribution in [0.4, 0.5) is 0 Å². The minimum atomic E-state index is -3.76. The Kier molecular flexibility index (Phi) is 6.06. The molecule has 34 heavy (non-hydrogen) atoms. The van der Waals surface area contributed by atoms with Crippen molar-refractivity contribution in [2.24, 2.45) is 5.41 Å². The number of hydrogen-bond donors (Lipinski definition) is 0. The number of nitrogens with zero attached hydrogens (tertiary/aromatic N) is 2. The van der Waals surface area contributed by atoms with Crippen LogP contribution >= 0.6 is 0 Å². The van der Waals surface area contributed by atoms with Gasteiger partial charge in [0, 0.05) is 37.4 Å². The zero-order valence-electron chi connectivity index (χ0n) is 18.8. The standard InChI is InChI=1S/C27H26N2O4S/c30-23-13-15-27(18-21-7-3-1-4-8-21)20-29(16-14-22(27)17-23)34(31,32)25-11-12-26(28-19-25)33-24-9-5-2-6-10-24/h1-12,14,19H,13,15-18,20H2. The molecule has 5 rings (SSSR count). The van der Waals surface area contributed by atoms with Crippen LogP contribution in [0.3, 0.4) is 0 Å². The van der Waals surface area contributed by atoms with E-state index < -0.39 is 10.0 Å². The van der Waals surface area contributed by atoms with Crippen molar-refractivity contribution >= 4 is 15.8 Å². The van der Waals surface area contributed by atoms with Gasteiger partial charge in [-0.1, -0.05) is 60.2 Å². The highest BCUT2D eigenvalue weighted by molar-refractivity contribution is 7.89. The predicted octanol–water partition coefficient (Wildman–Crippen LogP) is 4.79. The maximum atomic E-state index is 13.5. The lowest BCUT2D eigenvalue weighted by Crippen LogP contribution is -2.49. The van der Waals surface area contributed by atoms with E-state index in [0.717, 1.165) is 11.1 Å². The van der Waals surface area contributed by atoms with Crippen LogP contribution in [0.5, 0.6) is 11.6 Å². The van der Waals surface area contributed by atoms with Gasteiger partial charge in [-0.2, -0.15) is 4.31 Å². The fourth-order valence-corrected chi connectivity index (χ4v) is 6.29. The maximum Gasteiger partial charge on any atom is 0.244 e. The van der Waals surface area contributed by atoms with Crippen LogP contribution in [-0.2, 0) is 21.2 Å². The Morgan fingerprint density at radius 1 is 0.971 bits per heavy atom. The minimum Gasteiger partial charge on any atom is -0.439 e. The molecule has 1 aliphatic heterocycles. The molecule has 2 aliphatic rings. The van der Waals surface area contributed by atoms with Gasteiger partial charge < -0.3 is 4.74 Å². The molecule has 2 aromatic carbocycles. The maximum absolute atomic E-state index is 13.5. The molecule has 3 aromatic rings. The van der Waals surface area contributed by atoms with E-state index in [9.17, 15) is 13.2 Å². The Morgan fingerprint density at radius 2 is 1.71 bits per heavy atom. The van der Waals surface area contributed by atoms with Crippen LogP contribution < -0.4 is 4.74 Å². The predicted molar refractivity (Wildman–Crippen MR) is 129 cm³/mol. The van der Waals surface area contributed by atoms with Gasteiger partial charge in [0.15, 0.2) is 0 Å². The van der Waals surface area contributed by atoms with Crippen molar-refractivity contribution < 1.29 is 17.9 Å². The lowest BCUT2D eigenvalue weighted by Gasteiger charge is -2.45. The Hall–Kier alpha value is -3.29. The van der Waals surface area contributed by atoms with E-state index in [1.165, 1.54) is 16.6 Å². The molecule has 0 amide bonds. The fourth-order valence-electron chi connectivity index (χ4n) is 4.88. The minimum absolute atomic E-state index is 0.131. The van der Waals surface area contributed by atoms with Gasteiger partial charge in [0.2, 0.25) is 15.9 Å². The van der Waals surface area contributed by atoms with Gasteiger partial charge in [-0.25, -0.2) is 13.4 Å². The number of sulfonamides is 1. The van der Waals surface area contributed by atoms with Crippen molar-refractivity contribution in [2.75, 3.05) is 13.1 Å². The molecule has 0 spiro atoms. The van der Waals surface area contributed by atoms with Gasteiger partial charge in [0.1, 0.15) is 16.4 Å². The molecule has 0 bridgehead atoms. The van der Waals surface area contributed by atoms with Gasteiger partial charge in [0.25, 0.3) is 0 Å². The summed E-state index contributed by atoms with van der Waals surface area (Å²) in [5, 5.41) is 0. The average Bonchev–Trinajstić information content (AvgIpc) is 2.85. The Labute approximate surface area is 200 Å². The van der Waals surface area contributed by atoms with Crippen LogP contribution in [0.2, 0.25) is 0 Å². The van der Waals surface area contributed by atoms with E-state index in [1.807, 2.05) is 54.6 Å². The van der Waals surface area contributed by atoms with Crippen LogP contribution in [0.1, 0.15) is 24.8 Å². The van der Waals surface area contributed by atoms with Crippen molar-refractivity contribution in [3.63, 3.8) is 0 Å². The molecule has 1 saturated carbocycles. The molecule has 0 N–H and O–H groups in total. The molecule has 1 unspecified atom stereocenters. The number of fused-ring (bicyclic) bond motifs is 1.